The first kappa shape index (κ1) is 15.8. The molecule has 122 valence electrons. The molecule has 5 nitrogen and oxygen atoms in total. The van der Waals surface area contributed by atoms with Crippen molar-refractivity contribution in [3.05, 3.63) is 65.9 Å². The Labute approximate surface area is 140 Å². The molecule has 0 atom stereocenters. The summed E-state index contributed by atoms with van der Waals surface area (Å²) in [7, 11) is 3.96. The first-order valence-electron chi connectivity index (χ1n) is 7.67. The van der Waals surface area contributed by atoms with E-state index >= 15 is 0 Å². The maximum Gasteiger partial charge on any atom is 0.255 e. The summed E-state index contributed by atoms with van der Waals surface area (Å²) in [5, 5.41) is 13.7. The number of phenolic OH excluding ortho intramolecular Hbond substituents is 1. The molecule has 0 unspecified atom stereocenters. The number of aromatic hydroxyl groups is 1. The SMILES string of the molecule is CN(C)c1ccc(CNC(=O)c2cc3ncccc3cc2O)cc1. The maximum atomic E-state index is 12.4. The summed E-state index contributed by atoms with van der Waals surface area (Å²) in [6.45, 7) is 0.395. The summed E-state index contributed by atoms with van der Waals surface area (Å²) in [6.07, 6.45) is 1.66. The molecule has 0 saturated carbocycles. The lowest BCUT2D eigenvalue weighted by molar-refractivity contribution is 0.0948. The van der Waals surface area contributed by atoms with E-state index in [-0.39, 0.29) is 17.2 Å². The van der Waals surface area contributed by atoms with Gasteiger partial charge in [0.05, 0.1) is 11.1 Å². The van der Waals surface area contributed by atoms with Crippen molar-refractivity contribution in [3.63, 3.8) is 0 Å². The normalized spacial score (nSPS) is 10.6. The number of phenols is 1. The van der Waals surface area contributed by atoms with Crippen LogP contribution in [-0.4, -0.2) is 30.1 Å². The minimum absolute atomic E-state index is 0.0454. The van der Waals surface area contributed by atoms with Crippen LogP contribution in [0.2, 0.25) is 0 Å². The van der Waals surface area contributed by atoms with E-state index < -0.39 is 0 Å². The van der Waals surface area contributed by atoms with Crippen LogP contribution < -0.4 is 10.2 Å². The fourth-order valence-corrected chi connectivity index (χ4v) is 2.48. The third-order valence-corrected chi connectivity index (χ3v) is 3.87. The van der Waals surface area contributed by atoms with E-state index in [1.165, 1.54) is 0 Å². The van der Waals surface area contributed by atoms with Gasteiger partial charge in [-0.1, -0.05) is 18.2 Å². The van der Waals surface area contributed by atoms with Gasteiger partial charge in [0.15, 0.2) is 0 Å². The van der Waals surface area contributed by atoms with Gasteiger partial charge < -0.3 is 15.3 Å². The van der Waals surface area contributed by atoms with Crippen molar-refractivity contribution in [2.75, 3.05) is 19.0 Å². The van der Waals surface area contributed by atoms with Gasteiger partial charge in [0.1, 0.15) is 5.75 Å². The number of hydrogen-bond donors (Lipinski definition) is 2. The Kier molecular flexibility index (Phi) is 4.33. The van der Waals surface area contributed by atoms with Crippen molar-refractivity contribution < 1.29 is 9.90 Å². The number of carbonyl (C=O) groups excluding carboxylic acids is 1. The highest BCUT2D eigenvalue weighted by molar-refractivity contribution is 6.00. The lowest BCUT2D eigenvalue weighted by atomic mass is 10.1. The molecule has 1 heterocycles. The predicted molar refractivity (Wildman–Crippen MR) is 95.3 cm³/mol. The number of fused-ring (bicyclic) bond motifs is 1. The van der Waals surface area contributed by atoms with Crippen LogP contribution in [-0.2, 0) is 6.54 Å². The number of anilines is 1. The summed E-state index contributed by atoms with van der Waals surface area (Å²) in [4.78, 5) is 18.6. The molecule has 3 rings (SSSR count). The fraction of sp³-hybridized carbons (Fsp3) is 0.158. The van der Waals surface area contributed by atoms with Crippen LogP contribution in [0.15, 0.2) is 54.7 Å². The topological polar surface area (TPSA) is 65.5 Å². The monoisotopic (exact) mass is 321 g/mol. The van der Waals surface area contributed by atoms with Gasteiger partial charge in [-0.25, -0.2) is 0 Å². The molecule has 0 saturated heterocycles. The van der Waals surface area contributed by atoms with Crippen LogP contribution in [0.25, 0.3) is 10.9 Å². The van der Waals surface area contributed by atoms with E-state index in [2.05, 4.69) is 10.3 Å². The van der Waals surface area contributed by atoms with E-state index in [4.69, 9.17) is 0 Å². The quantitative estimate of drug-likeness (QED) is 0.775. The molecule has 0 radical (unpaired) electrons. The highest BCUT2D eigenvalue weighted by Crippen LogP contribution is 2.23. The van der Waals surface area contributed by atoms with Crippen LogP contribution >= 0.6 is 0 Å². The number of rotatable bonds is 4. The average Bonchev–Trinajstić information content (AvgIpc) is 2.59. The van der Waals surface area contributed by atoms with Crippen LogP contribution in [0.4, 0.5) is 5.69 Å². The Morgan fingerprint density at radius 3 is 2.62 bits per heavy atom. The maximum absolute atomic E-state index is 12.4. The highest BCUT2D eigenvalue weighted by atomic mass is 16.3. The third-order valence-electron chi connectivity index (χ3n) is 3.87. The standard InChI is InChI=1S/C19H19N3O2/c1-22(2)15-7-5-13(6-8-15)12-21-19(24)16-11-17-14(10-18(16)23)4-3-9-20-17/h3-11,23H,12H2,1-2H3,(H,21,24). The minimum Gasteiger partial charge on any atom is -0.507 e. The third kappa shape index (κ3) is 3.30. The van der Waals surface area contributed by atoms with Crippen LogP contribution in [0.1, 0.15) is 15.9 Å². The van der Waals surface area contributed by atoms with E-state index in [1.54, 1.807) is 24.4 Å². The van der Waals surface area contributed by atoms with Gasteiger partial charge in [0.2, 0.25) is 0 Å². The van der Waals surface area contributed by atoms with Gasteiger partial charge in [-0.15, -0.1) is 0 Å². The Hall–Kier alpha value is -3.08. The van der Waals surface area contributed by atoms with E-state index in [0.29, 0.717) is 12.1 Å². The van der Waals surface area contributed by atoms with Crippen molar-refractivity contribution in [2.45, 2.75) is 6.54 Å². The van der Waals surface area contributed by atoms with Gasteiger partial charge in [-0.3, -0.25) is 9.78 Å². The molecule has 0 spiro atoms. The molecular formula is C19H19N3O2. The number of aromatic nitrogens is 1. The van der Waals surface area contributed by atoms with E-state index in [1.807, 2.05) is 49.3 Å². The lowest BCUT2D eigenvalue weighted by Crippen LogP contribution is -2.23. The first-order chi connectivity index (χ1) is 11.5. The Morgan fingerprint density at radius 1 is 1.17 bits per heavy atom. The van der Waals surface area contributed by atoms with Gasteiger partial charge in [-0.2, -0.15) is 0 Å². The van der Waals surface area contributed by atoms with Crippen molar-refractivity contribution in [2.24, 2.45) is 0 Å². The lowest BCUT2D eigenvalue weighted by Gasteiger charge is -2.13. The molecule has 3 aromatic rings. The Morgan fingerprint density at radius 2 is 1.92 bits per heavy atom. The molecule has 24 heavy (non-hydrogen) atoms. The molecule has 1 aromatic heterocycles. The molecule has 0 bridgehead atoms. The van der Waals surface area contributed by atoms with Gasteiger partial charge in [0.25, 0.3) is 5.91 Å². The first-order valence-corrected chi connectivity index (χ1v) is 7.67. The molecule has 0 aliphatic rings. The minimum atomic E-state index is -0.322. The molecular weight excluding hydrogens is 302 g/mol. The Bertz CT molecular complexity index is 873. The van der Waals surface area contributed by atoms with Crippen LogP contribution in [0.5, 0.6) is 5.75 Å². The number of nitrogens with one attached hydrogen (secondary N) is 1. The summed E-state index contributed by atoms with van der Waals surface area (Å²) in [5.41, 5.74) is 3.00. The van der Waals surface area contributed by atoms with Crippen LogP contribution in [0, 0.1) is 0 Å². The Balaban J connectivity index is 1.74. The van der Waals surface area contributed by atoms with Gasteiger partial charge in [0, 0.05) is 37.9 Å². The highest BCUT2D eigenvalue weighted by Gasteiger charge is 2.12. The summed E-state index contributed by atoms with van der Waals surface area (Å²) in [6, 6.07) is 14.7. The molecule has 5 heteroatoms. The molecule has 2 aromatic carbocycles. The summed E-state index contributed by atoms with van der Waals surface area (Å²) >= 11 is 0. The number of benzene rings is 2. The number of amides is 1. The smallest absolute Gasteiger partial charge is 0.255 e. The van der Waals surface area contributed by atoms with Crippen molar-refractivity contribution in [3.8, 4) is 5.75 Å². The number of nitrogens with zero attached hydrogens (tertiary/aromatic N) is 2. The zero-order valence-corrected chi connectivity index (χ0v) is 13.7. The number of hydrogen-bond acceptors (Lipinski definition) is 4. The second kappa shape index (κ2) is 6.58. The van der Waals surface area contributed by atoms with Gasteiger partial charge >= 0.3 is 0 Å². The van der Waals surface area contributed by atoms with Gasteiger partial charge in [-0.05, 0) is 35.9 Å². The second-order valence-electron chi connectivity index (χ2n) is 5.81. The molecule has 0 aliphatic heterocycles. The van der Waals surface area contributed by atoms with Crippen molar-refractivity contribution in [1.29, 1.82) is 0 Å². The van der Waals surface area contributed by atoms with Crippen molar-refractivity contribution in [1.82, 2.24) is 10.3 Å². The van der Waals surface area contributed by atoms with Crippen LogP contribution in [0.3, 0.4) is 0 Å². The summed E-state index contributed by atoms with van der Waals surface area (Å²) < 4.78 is 0. The molecule has 0 aliphatic carbocycles. The summed E-state index contributed by atoms with van der Waals surface area (Å²) in [5.74, 6) is -0.368. The number of pyridine rings is 1. The van der Waals surface area contributed by atoms with E-state index in [0.717, 1.165) is 16.6 Å². The van der Waals surface area contributed by atoms with E-state index in [9.17, 15) is 9.90 Å². The zero-order chi connectivity index (χ0) is 17.1. The molecule has 1 amide bonds. The number of carbonyl (C=O) groups is 1. The fourth-order valence-electron chi connectivity index (χ4n) is 2.48. The molecule has 2 N–H and O–H groups in total. The largest absolute Gasteiger partial charge is 0.507 e. The molecule has 0 fully saturated rings. The second-order valence-corrected chi connectivity index (χ2v) is 5.81. The zero-order valence-electron chi connectivity index (χ0n) is 13.7. The predicted octanol–water partition coefficient (Wildman–Crippen LogP) is 2.94. The average molecular weight is 321 g/mol. The van der Waals surface area contributed by atoms with Crippen molar-refractivity contribution >= 4 is 22.5 Å².